The first-order valence-corrected chi connectivity index (χ1v) is 24.6. The smallest absolute Gasteiger partial charge is 0.306 e. The van der Waals surface area contributed by atoms with Gasteiger partial charge in [0.15, 0.2) is 6.10 Å². The molecule has 0 amide bonds. The van der Waals surface area contributed by atoms with E-state index in [1.807, 2.05) is 72.9 Å². The van der Waals surface area contributed by atoms with E-state index >= 15 is 0 Å². The van der Waals surface area contributed by atoms with E-state index in [4.69, 9.17) is 14.2 Å². The van der Waals surface area contributed by atoms with Crippen LogP contribution in [0.15, 0.2) is 158 Å². The Labute approximate surface area is 390 Å². The van der Waals surface area contributed by atoms with Gasteiger partial charge in [0.1, 0.15) is 13.2 Å². The van der Waals surface area contributed by atoms with Crippen LogP contribution in [0.3, 0.4) is 0 Å². The van der Waals surface area contributed by atoms with Crippen LogP contribution in [0.4, 0.5) is 0 Å². The minimum Gasteiger partial charge on any atom is -0.462 e. The largest absolute Gasteiger partial charge is 0.462 e. The molecular weight excluding hydrogens is 793 g/mol. The van der Waals surface area contributed by atoms with Crippen molar-refractivity contribution in [3.05, 3.63) is 158 Å². The lowest BCUT2D eigenvalue weighted by atomic mass is 10.1. The Morgan fingerprint density at radius 3 is 1.12 bits per heavy atom. The van der Waals surface area contributed by atoms with Crippen LogP contribution in [0, 0.1) is 0 Å². The number of hydrogen-bond acceptors (Lipinski definition) is 6. The quantitative estimate of drug-likeness (QED) is 0.0200. The maximum Gasteiger partial charge on any atom is 0.306 e. The molecule has 0 saturated heterocycles. The molecule has 354 valence electrons. The van der Waals surface area contributed by atoms with Gasteiger partial charge in [-0.05, 0) is 96.3 Å². The van der Waals surface area contributed by atoms with Gasteiger partial charge in [0.2, 0.25) is 0 Å². The lowest BCUT2D eigenvalue weighted by Crippen LogP contribution is -2.30. The zero-order chi connectivity index (χ0) is 46.5. The number of allylic oxidation sites excluding steroid dienone is 26. The van der Waals surface area contributed by atoms with Crippen LogP contribution in [0.25, 0.3) is 0 Å². The van der Waals surface area contributed by atoms with Gasteiger partial charge in [0.25, 0.3) is 0 Å². The van der Waals surface area contributed by atoms with Crippen molar-refractivity contribution < 1.29 is 28.6 Å². The van der Waals surface area contributed by atoms with Crippen LogP contribution in [0.1, 0.15) is 168 Å². The summed E-state index contributed by atoms with van der Waals surface area (Å²) >= 11 is 0. The Morgan fingerprint density at radius 1 is 0.344 bits per heavy atom. The molecule has 0 saturated carbocycles. The number of esters is 3. The molecule has 0 rings (SSSR count). The first-order chi connectivity index (χ1) is 31.5. The van der Waals surface area contributed by atoms with E-state index in [1.165, 1.54) is 12.8 Å². The summed E-state index contributed by atoms with van der Waals surface area (Å²) in [6.07, 6.45) is 73.6. The molecule has 0 aromatic carbocycles. The van der Waals surface area contributed by atoms with Gasteiger partial charge in [0, 0.05) is 19.3 Å². The molecule has 1 atom stereocenters. The SMILES string of the molecule is CC\C=C/C=C\C=C/C=C\C=C\C=C/C=C\CCCCCC(=O)OCC(COC(=O)CCCCC/C=C\C=C/CCCC)OC(=O)CCCCC/C=C\C/C=C\C/C=C\C/C=C\CC. The fourth-order valence-corrected chi connectivity index (χ4v) is 5.80. The van der Waals surface area contributed by atoms with Gasteiger partial charge >= 0.3 is 17.9 Å². The molecule has 64 heavy (non-hydrogen) atoms. The van der Waals surface area contributed by atoms with Crippen LogP contribution < -0.4 is 0 Å². The Bertz CT molecular complexity index is 1520. The Hall–Kier alpha value is -4.97. The zero-order valence-corrected chi connectivity index (χ0v) is 40.2. The molecule has 0 aromatic rings. The summed E-state index contributed by atoms with van der Waals surface area (Å²) in [5, 5.41) is 0. The predicted molar refractivity (Wildman–Crippen MR) is 274 cm³/mol. The maximum absolute atomic E-state index is 12.8. The fourth-order valence-electron chi connectivity index (χ4n) is 5.80. The molecule has 0 aliphatic heterocycles. The maximum atomic E-state index is 12.8. The summed E-state index contributed by atoms with van der Waals surface area (Å²) < 4.78 is 16.7. The van der Waals surface area contributed by atoms with E-state index in [0.717, 1.165) is 103 Å². The third kappa shape index (κ3) is 48.1. The van der Waals surface area contributed by atoms with Gasteiger partial charge in [-0.2, -0.15) is 0 Å². The van der Waals surface area contributed by atoms with Crippen molar-refractivity contribution in [1.29, 1.82) is 0 Å². The van der Waals surface area contributed by atoms with Gasteiger partial charge in [0.05, 0.1) is 0 Å². The number of rotatable bonds is 41. The fraction of sp³-hybridized carbons (Fsp3) is 0.500. The molecular formula is C58H86O6. The average molecular weight is 879 g/mol. The van der Waals surface area contributed by atoms with E-state index in [9.17, 15) is 14.4 Å². The van der Waals surface area contributed by atoms with Crippen molar-refractivity contribution in [3.8, 4) is 0 Å². The van der Waals surface area contributed by atoms with Gasteiger partial charge in [-0.1, -0.05) is 211 Å². The first-order valence-electron chi connectivity index (χ1n) is 24.6. The topological polar surface area (TPSA) is 78.9 Å². The zero-order valence-electron chi connectivity index (χ0n) is 40.2. The second-order valence-corrected chi connectivity index (χ2v) is 15.5. The number of carbonyl (C=O) groups excluding carboxylic acids is 3. The molecule has 0 heterocycles. The van der Waals surface area contributed by atoms with Crippen molar-refractivity contribution in [2.45, 2.75) is 175 Å². The number of unbranched alkanes of at least 4 members (excludes halogenated alkanes) is 11. The molecule has 6 nitrogen and oxygen atoms in total. The van der Waals surface area contributed by atoms with E-state index in [-0.39, 0.29) is 44.0 Å². The number of hydrogen-bond donors (Lipinski definition) is 0. The Kier molecular flexibility index (Phi) is 46.7. The van der Waals surface area contributed by atoms with Gasteiger partial charge in [-0.3, -0.25) is 14.4 Å². The summed E-state index contributed by atoms with van der Waals surface area (Å²) in [6.45, 7) is 6.19. The van der Waals surface area contributed by atoms with Crippen molar-refractivity contribution in [2.75, 3.05) is 13.2 Å². The monoisotopic (exact) mass is 879 g/mol. The van der Waals surface area contributed by atoms with Gasteiger partial charge < -0.3 is 14.2 Å². The highest BCUT2D eigenvalue weighted by atomic mass is 16.6. The molecule has 0 aliphatic rings. The summed E-state index contributed by atoms with van der Waals surface area (Å²) in [6, 6.07) is 0. The van der Waals surface area contributed by atoms with Crippen LogP contribution in [-0.2, 0) is 28.6 Å². The standard InChI is InChI=1S/C58H86O6/c1-4-7-10-13-16-19-22-24-26-28-29-30-32-33-36-39-42-45-48-51-57(60)63-54-55(53-62-56(59)50-47-44-41-38-35-21-18-15-12-9-6-3)64-58(61)52-49-46-43-40-37-34-31-27-25-23-20-17-14-11-8-5-2/h7-8,10-11,13,15-22,24-30,32-37,55H,4-6,9,12,14,23,31,38-54H2,1-3H3/b10-7-,11-8-,16-13-,18-15-,20-17-,22-19-,26-24-,27-25-,29-28+,32-30-,35-21-,36-33-,37-34-. The highest BCUT2D eigenvalue weighted by molar-refractivity contribution is 5.71. The molecule has 0 aromatic heterocycles. The van der Waals surface area contributed by atoms with Crippen molar-refractivity contribution >= 4 is 17.9 Å². The molecule has 0 fully saturated rings. The summed E-state index contributed by atoms with van der Waals surface area (Å²) in [7, 11) is 0. The third-order valence-corrected chi connectivity index (χ3v) is 9.47. The highest BCUT2D eigenvalue weighted by Gasteiger charge is 2.19. The minimum atomic E-state index is -0.832. The van der Waals surface area contributed by atoms with Crippen LogP contribution in [-0.4, -0.2) is 37.2 Å². The normalized spacial score (nSPS) is 13.5. The van der Waals surface area contributed by atoms with Crippen LogP contribution in [0.2, 0.25) is 0 Å². The predicted octanol–water partition coefficient (Wildman–Crippen LogP) is 16.2. The van der Waals surface area contributed by atoms with E-state index in [2.05, 4.69) is 106 Å². The molecule has 0 bridgehead atoms. The molecule has 1 unspecified atom stereocenters. The molecule has 0 N–H and O–H groups in total. The third-order valence-electron chi connectivity index (χ3n) is 9.47. The van der Waals surface area contributed by atoms with E-state index in [0.29, 0.717) is 19.3 Å². The van der Waals surface area contributed by atoms with E-state index in [1.54, 1.807) is 0 Å². The molecule has 0 aliphatic carbocycles. The second-order valence-electron chi connectivity index (χ2n) is 15.5. The summed E-state index contributed by atoms with van der Waals surface area (Å²) in [5.41, 5.74) is 0. The highest BCUT2D eigenvalue weighted by Crippen LogP contribution is 2.11. The summed E-state index contributed by atoms with van der Waals surface area (Å²) in [5.74, 6) is -1.05. The Morgan fingerprint density at radius 2 is 0.688 bits per heavy atom. The number of ether oxygens (including phenoxy) is 3. The lowest BCUT2D eigenvalue weighted by Gasteiger charge is -2.18. The van der Waals surface area contributed by atoms with Gasteiger partial charge in [-0.25, -0.2) is 0 Å². The molecule has 0 radical (unpaired) electrons. The van der Waals surface area contributed by atoms with E-state index < -0.39 is 6.10 Å². The second kappa shape index (κ2) is 50.7. The number of carbonyl (C=O) groups is 3. The first kappa shape index (κ1) is 59.0. The summed E-state index contributed by atoms with van der Waals surface area (Å²) in [4.78, 5) is 37.9. The Balaban J connectivity index is 4.61. The van der Waals surface area contributed by atoms with Crippen LogP contribution in [0.5, 0.6) is 0 Å². The van der Waals surface area contributed by atoms with Crippen molar-refractivity contribution in [2.24, 2.45) is 0 Å². The molecule has 0 spiro atoms. The van der Waals surface area contributed by atoms with Crippen LogP contribution >= 0.6 is 0 Å². The van der Waals surface area contributed by atoms with Gasteiger partial charge in [-0.15, -0.1) is 0 Å². The van der Waals surface area contributed by atoms with Crippen molar-refractivity contribution in [1.82, 2.24) is 0 Å². The average Bonchev–Trinajstić information content (AvgIpc) is 3.29. The minimum absolute atomic E-state index is 0.128. The lowest BCUT2D eigenvalue weighted by molar-refractivity contribution is -0.167. The molecule has 6 heteroatoms. The van der Waals surface area contributed by atoms with Crippen molar-refractivity contribution in [3.63, 3.8) is 0 Å².